The summed E-state index contributed by atoms with van der Waals surface area (Å²) in [5.41, 5.74) is 4.23. The maximum absolute atomic E-state index is 9.46. The molecular weight excluding hydrogens is 262 g/mol. The van der Waals surface area contributed by atoms with Crippen LogP contribution in [0.1, 0.15) is 18.3 Å². The molecule has 0 bridgehead atoms. The average Bonchev–Trinajstić information content (AvgIpc) is 2.83. The van der Waals surface area contributed by atoms with Crippen molar-refractivity contribution in [1.82, 2.24) is 9.55 Å². The summed E-state index contributed by atoms with van der Waals surface area (Å²) in [6.07, 6.45) is 0. The van der Waals surface area contributed by atoms with Crippen molar-refractivity contribution in [3.05, 3.63) is 53.9 Å². The lowest BCUT2D eigenvalue weighted by molar-refractivity contribution is 0.475. The summed E-state index contributed by atoms with van der Waals surface area (Å²) in [6, 6.07) is 13.5. The van der Waals surface area contributed by atoms with Crippen LogP contribution in [0.5, 0.6) is 5.75 Å². The van der Waals surface area contributed by atoms with Gasteiger partial charge in [-0.25, -0.2) is 4.98 Å². The van der Waals surface area contributed by atoms with Crippen molar-refractivity contribution in [2.75, 3.05) is 5.32 Å². The second-order valence-electron chi connectivity index (χ2n) is 5.11. The predicted molar refractivity (Wildman–Crippen MR) is 85.6 cm³/mol. The number of aryl methyl sites for hydroxylation is 2. The van der Waals surface area contributed by atoms with E-state index in [0.29, 0.717) is 12.3 Å². The van der Waals surface area contributed by atoms with Crippen LogP contribution in [0.4, 0.5) is 5.69 Å². The Morgan fingerprint density at radius 3 is 2.76 bits per heavy atom. The van der Waals surface area contributed by atoms with Crippen LogP contribution in [0.3, 0.4) is 0 Å². The van der Waals surface area contributed by atoms with Gasteiger partial charge in [-0.05, 0) is 49.7 Å². The summed E-state index contributed by atoms with van der Waals surface area (Å²) >= 11 is 0. The van der Waals surface area contributed by atoms with Crippen LogP contribution < -0.4 is 5.32 Å². The zero-order valence-corrected chi connectivity index (χ0v) is 12.3. The van der Waals surface area contributed by atoms with Crippen molar-refractivity contribution < 1.29 is 5.11 Å². The molecule has 21 heavy (non-hydrogen) atoms. The summed E-state index contributed by atoms with van der Waals surface area (Å²) in [4.78, 5) is 4.70. The quantitative estimate of drug-likeness (QED) is 0.717. The molecule has 108 valence electrons. The monoisotopic (exact) mass is 281 g/mol. The normalized spacial score (nSPS) is 11.0. The van der Waals surface area contributed by atoms with Gasteiger partial charge in [0.2, 0.25) is 0 Å². The smallest absolute Gasteiger partial charge is 0.129 e. The molecule has 0 aliphatic rings. The number of fused-ring (bicyclic) bond motifs is 1. The number of benzene rings is 2. The van der Waals surface area contributed by atoms with E-state index in [1.165, 1.54) is 5.52 Å². The Morgan fingerprint density at radius 1 is 1.19 bits per heavy atom. The minimum atomic E-state index is 0.291. The van der Waals surface area contributed by atoms with E-state index < -0.39 is 0 Å². The van der Waals surface area contributed by atoms with Gasteiger partial charge in [-0.2, -0.15) is 0 Å². The van der Waals surface area contributed by atoms with E-state index in [4.69, 9.17) is 4.98 Å². The first-order valence-electron chi connectivity index (χ1n) is 7.16. The number of para-hydroxylation sites is 2. The number of hydrogen-bond acceptors (Lipinski definition) is 3. The molecule has 0 fully saturated rings. The number of imidazole rings is 1. The number of anilines is 1. The van der Waals surface area contributed by atoms with Crippen LogP contribution in [0, 0.1) is 6.92 Å². The molecule has 4 heteroatoms. The molecule has 0 saturated carbocycles. The molecule has 0 unspecified atom stereocenters. The highest BCUT2D eigenvalue weighted by Gasteiger charge is 2.09. The lowest BCUT2D eigenvalue weighted by Gasteiger charge is -2.11. The molecule has 1 aromatic heterocycles. The SMILES string of the molecule is CCn1c(CNc2ccc(O)cc2C)nc2ccccc21. The third-order valence-electron chi connectivity index (χ3n) is 3.70. The second-order valence-corrected chi connectivity index (χ2v) is 5.11. The Balaban J connectivity index is 1.88. The number of nitrogens with one attached hydrogen (secondary N) is 1. The largest absolute Gasteiger partial charge is 0.508 e. The molecular formula is C17H19N3O. The number of aromatic hydroxyl groups is 1. The number of rotatable bonds is 4. The minimum Gasteiger partial charge on any atom is -0.508 e. The summed E-state index contributed by atoms with van der Waals surface area (Å²) in [5.74, 6) is 1.31. The van der Waals surface area contributed by atoms with Gasteiger partial charge >= 0.3 is 0 Å². The number of aromatic nitrogens is 2. The van der Waals surface area contributed by atoms with Crippen molar-refractivity contribution in [2.24, 2.45) is 0 Å². The van der Waals surface area contributed by atoms with Crippen molar-refractivity contribution in [3.8, 4) is 5.75 Å². The fraction of sp³-hybridized carbons (Fsp3) is 0.235. The van der Waals surface area contributed by atoms with E-state index in [-0.39, 0.29) is 0 Å². The van der Waals surface area contributed by atoms with E-state index in [1.54, 1.807) is 12.1 Å². The molecule has 2 N–H and O–H groups in total. The predicted octanol–water partition coefficient (Wildman–Crippen LogP) is 3.68. The highest BCUT2D eigenvalue weighted by atomic mass is 16.3. The molecule has 0 radical (unpaired) electrons. The van der Waals surface area contributed by atoms with Crippen molar-refractivity contribution in [3.63, 3.8) is 0 Å². The Kier molecular flexibility index (Phi) is 3.52. The van der Waals surface area contributed by atoms with E-state index >= 15 is 0 Å². The molecule has 1 heterocycles. The number of nitrogens with zero attached hydrogens (tertiary/aromatic N) is 2. The van der Waals surface area contributed by atoms with Gasteiger partial charge in [-0.3, -0.25) is 0 Å². The first kappa shape index (κ1) is 13.5. The van der Waals surface area contributed by atoms with E-state index in [9.17, 15) is 5.11 Å². The first-order chi connectivity index (χ1) is 10.2. The van der Waals surface area contributed by atoms with Crippen LogP contribution in [0.25, 0.3) is 11.0 Å². The topological polar surface area (TPSA) is 50.1 Å². The second kappa shape index (κ2) is 5.48. The van der Waals surface area contributed by atoms with Gasteiger partial charge in [0.25, 0.3) is 0 Å². The van der Waals surface area contributed by atoms with Gasteiger partial charge in [0.1, 0.15) is 11.6 Å². The molecule has 0 aliphatic heterocycles. The van der Waals surface area contributed by atoms with Gasteiger partial charge in [0, 0.05) is 12.2 Å². The van der Waals surface area contributed by atoms with Gasteiger partial charge < -0.3 is 15.0 Å². The van der Waals surface area contributed by atoms with Gasteiger partial charge in [0.05, 0.1) is 17.6 Å². The average molecular weight is 281 g/mol. The molecule has 0 atom stereocenters. The van der Waals surface area contributed by atoms with E-state index in [0.717, 1.165) is 29.1 Å². The maximum Gasteiger partial charge on any atom is 0.129 e. The Hall–Kier alpha value is -2.49. The van der Waals surface area contributed by atoms with Crippen LogP contribution in [-0.4, -0.2) is 14.7 Å². The van der Waals surface area contributed by atoms with Crippen LogP contribution in [-0.2, 0) is 13.1 Å². The standard InChI is InChI=1S/C17H19N3O/c1-3-20-16-7-5-4-6-15(16)19-17(20)11-18-14-9-8-13(21)10-12(14)2/h4-10,18,21H,3,11H2,1-2H3. The maximum atomic E-state index is 9.46. The van der Waals surface area contributed by atoms with Crippen molar-refractivity contribution in [2.45, 2.75) is 26.9 Å². The molecule has 0 spiro atoms. The molecule has 3 aromatic rings. The molecule has 0 saturated heterocycles. The highest BCUT2D eigenvalue weighted by molar-refractivity contribution is 5.76. The minimum absolute atomic E-state index is 0.291. The van der Waals surface area contributed by atoms with Crippen LogP contribution in [0.15, 0.2) is 42.5 Å². The fourth-order valence-corrected chi connectivity index (χ4v) is 2.63. The fourth-order valence-electron chi connectivity index (χ4n) is 2.63. The molecule has 2 aromatic carbocycles. The Bertz CT molecular complexity index is 777. The van der Waals surface area contributed by atoms with Crippen molar-refractivity contribution >= 4 is 16.7 Å². The lowest BCUT2D eigenvalue weighted by Crippen LogP contribution is -2.08. The zero-order chi connectivity index (χ0) is 14.8. The van der Waals surface area contributed by atoms with E-state index in [1.807, 2.05) is 31.2 Å². The summed E-state index contributed by atoms with van der Waals surface area (Å²) in [7, 11) is 0. The Morgan fingerprint density at radius 2 is 2.00 bits per heavy atom. The van der Waals surface area contributed by atoms with Crippen LogP contribution in [0.2, 0.25) is 0 Å². The molecule has 0 aliphatic carbocycles. The Labute approximate surface area is 124 Å². The zero-order valence-electron chi connectivity index (χ0n) is 12.3. The highest BCUT2D eigenvalue weighted by Crippen LogP contribution is 2.22. The van der Waals surface area contributed by atoms with Crippen molar-refractivity contribution in [1.29, 1.82) is 0 Å². The number of phenols is 1. The summed E-state index contributed by atoms with van der Waals surface area (Å²) in [5, 5.41) is 12.9. The third kappa shape index (κ3) is 2.57. The van der Waals surface area contributed by atoms with E-state index in [2.05, 4.69) is 22.9 Å². The molecule has 0 amide bonds. The van der Waals surface area contributed by atoms with Gasteiger partial charge in [-0.1, -0.05) is 12.1 Å². The number of hydrogen-bond donors (Lipinski definition) is 2. The summed E-state index contributed by atoms with van der Waals surface area (Å²) < 4.78 is 2.22. The number of phenolic OH excluding ortho intramolecular Hbond substituents is 1. The molecule has 4 nitrogen and oxygen atoms in total. The lowest BCUT2D eigenvalue weighted by atomic mass is 10.2. The third-order valence-corrected chi connectivity index (χ3v) is 3.70. The first-order valence-corrected chi connectivity index (χ1v) is 7.16. The van der Waals surface area contributed by atoms with Gasteiger partial charge in [0.15, 0.2) is 0 Å². The molecule has 3 rings (SSSR count). The van der Waals surface area contributed by atoms with Crippen LogP contribution >= 0.6 is 0 Å². The summed E-state index contributed by atoms with van der Waals surface area (Å²) in [6.45, 7) is 5.66. The van der Waals surface area contributed by atoms with Gasteiger partial charge in [-0.15, -0.1) is 0 Å².